The van der Waals surface area contributed by atoms with Crippen LogP contribution in [0.25, 0.3) is 0 Å². The van der Waals surface area contributed by atoms with Gasteiger partial charge < -0.3 is 9.47 Å². The van der Waals surface area contributed by atoms with E-state index in [-0.39, 0.29) is 17.7 Å². The Kier molecular flexibility index (Phi) is 7.67. The van der Waals surface area contributed by atoms with Gasteiger partial charge in [0.2, 0.25) is 0 Å². The maximum Gasteiger partial charge on any atom is 0.573 e. The van der Waals surface area contributed by atoms with Crippen LogP contribution in [0.2, 0.25) is 0 Å². The Labute approximate surface area is 202 Å². The number of sulfonamides is 1. The van der Waals surface area contributed by atoms with Crippen molar-refractivity contribution < 1.29 is 35.9 Å². The molecular formula is C24H27F3N2O5S. The molecule has 0 amide bonds. The molecule has 2 fully saturated rings. The molecule has 190 valence electrons. The number of alkyl halides is 3. The lowest BCUT2D eigenvalue weighted by Gasteiger charge is -2.25. The molecule has 2 aromatic rings. The number of nitrogens with zero attached hydrogens (tertiary/aromatic N) is 1. The molecule has 0 radical (unpaired) electrons. The monoisotopic (exact) mass is 512 g/mol. The second-order valence-electron chi connectivity index (χ2n) is 8.73. The van der Waals surface area contributed by atoms with Gasteiger partial charge in [-0.3, -0.25) is 4.79 Å². The molecule has 1 saturated carbocycles. The maximum atomic E-state index is 12.8. The molecule has 1 unspecified atom stereocenters. The summed E-state index contributed by atoms with van der Waals surface area (Å²) in [7, 11) is -4.27. The van der Waals surface area contributed by atoms with E-state index in [4.69, 9.17) is 4.74 Å². The molecule has 0 aromatic heterocycles. The molecule has 1 atom stereocenters. The number of carbonyl (C=O) groups excluding carboxylic acids is 1. The second-order valence-corrected chi connectivity index (χ2v) is 10.4. The zero-order chi connectivity index (χ0) is 25.1. The largest absolute Gasteiger partial charge is 0.573 e. The number of hydrazine groups is 1. The smallest absolute Gasteiger partial charge is 0.494 e. The van der Waals surface area contributed by atoms with Crippen molar-refractivity contribution in [2.45, 2.75) is 55.8 Å². The van der Waals surface area contributed by atoms with Crippen molar-refractivity contribution in [1.29, 1.82) is 0 Å². The zero-order valence-electron chi connectivity index (χ0n) is 19.0. The molecule has 1 saturated heterocycles. The van der Waals surface area contributed by atoms with Crippen LogP contribution in [0.15, 0.2) is 53.4 Å². The molecule has 11 heteroatoms. The van der Waals surface area contributed by atoms with E-state index in [1.807, 2.05) is 0 Å². The van der Waals surface area contributed by atoms with Crippen molar-refractivity contribution in [3.8, 4) is 11.5 Å². The van der Waals surface area contributed by atoms with E-state index in [9.17, 15) is 26.4 Å². The van der Waals surface area contributed by atoms with Gasteiger partial charge in [-0.15, -0.1) is 18.0 Å². The summed E-state index contributed by atoms with van der Waals surface area (Å²) in [5.41, 5.74) is 0.691. The van der Waals surface area contributed by atoms with Gasteiger partial charge in [0.1, 0.15) is 16.4 Å². The maximum absolute atomic E-state index is 12.8. The van der Waals surface area contributed by atoms with E-state index in [1.54, 1.807) is 29.3 Å². The fraction of sp³-hybridized carbons (Fsp3) is 0.458. The average Bonchev–Trinajstić information content (AvgIpc) is 3.57. The number of Topliss-reactive ketones (excluding diaryl/α,β-unsaturated/α-hetero) is 1. The van der Waals surface area contributed by atoms with E-state index in [0.29, 0.717) is 37.3 Å². The second kappa shape index (κ2) is 10.5. The van der Waals surface area contributed by atoms with Gasteiger partial charge >= 0.3 is 6.36 Å². The van der Waals surface area contributed by atoms with Gasteiger partial charge in [0.05, 0.1) is 6.61 Å². The van der Waals surface area contributed by atoms with Gasteiger partial charge in [0.15, 0.2) is 5.78 Å². The topological polar surface area (TPSA) is 84.9 Å². The summed E-state index contributed by atoms with van der Waals surface area (Å²) < 4.78 is 73.4. The van der Waals surface area contributed by atoms with E-state index in [0.717, 1.165) is 37.8 Å². The van der Waals surface area contributed by atoms with Crippen molar-refractivity contribution in [3.05, 3.63) is 54.1 Å². The van der Waals surface area contributed by atoms with Gasteiger partial charge in [-0.25, -0.2) is 13.4 Å². The van der Waals surface area contributed by atoms with Crippen molar-refractivity contribution in [3.63, 3.8) is 0 Å². The number of halogens is 3. The Morgan fingerprint density at radius 3 is 2.46 bits per heavy atom. The highest BCUT2D eigenvalue weighted by molar-refractivity contribution is 7.89. The van der Waals surface area contributed by atoms with Crippen LogP contribution in [0.1, 0.15) is 48.9 Å². The number of hydrogen-bond acceptors (Lipinski definition) is 6. The van der Waals surface area contributed by atoms with Crippen molar-refractivity contribution in [2.24, 2.45) is 5.92 Å². The Balaban J connectivity index is 1.28. The number of hydrogen-bond donors (Lipinski definition) is 1. The number of rotatable bonds is 11. The van der Waals surface area contributed by atoms with Gasteiger partial charge in [0, 0.05) is 24.1 Å². The molecule has 1 aliphatic heterocycles. The minimum atomic E-state index is -5.01. The first kappa shape index (κ1) is 25.5. The van der Waals surface area contributed by atoms with Crippen molar-refractivity contribution in [1.82, 2.24) is 9.84 Å². The summed E-state index contributed by atoms with van der Waals surface area (Å²) in [6.45, 7) is 0.860. The highest BCUT2D eigenvalue weighted by Gasteiger charge is 2.35. The number of nitrogens with one attached hydrogen (secondary N) is 1. The summed E-state index contributed by atoms with van der Waals surface area (Å²) in [4.78, 5) is 13.9. The van der Waals surface area contributed by atoms with Crippen LogP contribution in [-0.4, -0.2) is 44.8 Å². The van der Waals surface area contributed by atoms with Crippen molar-refractivity contribution in [2.75, 3.05) is 13.2 Å². The van der Waals surface area contributed by atoms with E-state index >= 15 is 0 Å². The first-order valence-corrected chi connectivity index (χ1v) is 13.0. The molecule has 2 aromatic carbocycles. The van der Waals surface area contributed by atoms with Gasteiger partial charge in [-0.1, -0.05) is 12.1 Å². The first-order chi connectivity index (χ1) is 16.6. The fourth-order valence-corrected chi connectivity index (χ4v) is 5.43. The minimum Gasteiger partial charge on any atom is -0.494 e. The summed E-state index contributed by atoms with van der Waals surface area (Å²) in [5.74, 6) is 0.219. The van der Waals surface area contributed by atoms with E-state index in [1.165, 1.54) is 12.1 Å². The summed E-state index contributed by atoms with van der Waals surface area (Å²) in [6.07, 6.45) is -0.291. The zero-order valence-corrected chi connectivity index (χ0v) is 19.8. The number of ketones is 1. The first-order valence-electron chi connectivity index (χ1n) is 11.5. The third kappa shape index (κ3) is 6.96. The van der Waals surface area contributed by atoms with Crippen LogP contribution >= 0.6 is 0 Å². The normalized spacial score (nSPS) is 19.0. The average molecular weight is 513 g/mol. The van der Waals surface area contributed by atoms with Gasteiger partial charge in [0.25, 0.3) is 10.0 Å². The Morgan fingerprint density at radius 1 is 1.06 bits per heavy atom. The Hall–Kier alpha value is -2.63. The van der Waals surface area contributed by atoms with Crippen LogP contribution in [0.5, 0.6) is 11.5 Å². The highest BCUT2D eigenvalue weighted by Crippen LogP contribution is 2.33. The lowest BCUT2D eigenvalue weighted by molar-refractivity contribution is -0.275. The summed E-state index contributed by atoms with van der Waals surface area (Å²) in [6, 6.07) is 11.6. The Morgan fingerprint density at radius 2 is 1.77 bits per heavy atom. The summed E-state index contributed by atoms with van der Waals surface area (Å²) in [5, 5.41) is 1.55. The predicted molar refractivity (Wildman–Crippen MR) is 121 cm³/mol. The molecule has 2 aliphatic rings. The SMILES string of the molecule is O=C(c1ccc(OCCCC2CCCN2NS(=O)(=O)c2ccccc2OC(F)(F)F)cc1)C1CC1. The molecule has 1 N–H and O–H groups in total. The van der Waals surface area contributed by atoms with Gasteiger partial charge in [-0.2, -0.15) is 0 Å². The standard InChI is InChI=1S/C24H27F3N2O5S/c25-24(26,27)34-21-7-1-2-8-22(21)35(31,32)28-29-15-3-5-19(29)6-4-16-33-20-13-11-18(12-14-20)23(30)17-9-10-17/h1-2,7-8,11-14,17,19,28H,3-6,9-10,15-16H2. The lowest BCUT2D eigenvalue weighted by atomic mass is 10.1. The van der Waals surface area contributed by atoms with Gasteiger partial charge in [-0.05, 0) is 74.9 Å². The summed E-state index contributed by atoms with van der Waals surface area (Å²) >= 11 is 0. The highest BCUT2D eigenvalue weighted by atomic mass is 32.2. The minimum absolute atomic E-state index is 0.109. The number of ether oxygens (including phenoxy) is 2. The van der Waals surface area contributed by atoms with Crippen LogP contribution < -0.4 is 14.3 Å². The van der Waals surface area contributed by atoms with E-state index in [2.05, 4.69) is 9.57 Å². The quantitative estimate of drug-likeness (QED) is 0.347. The van der Waals surface area contributed by atoms with Crippen LogP contribution in [0.4, 0.5) is 13.2 Å². The molecule has 0 bridgehead atoms. The predicted octanol–water partition coefficient (Wildman–Crippen LogP) is 4.69. The van der Waals surface area contributed by atoms with E-state index < -0.39 is 27.0 Å². The molecule has 7 nitrogen and oxygen atoms in total. The van der Waals surface area contributed by atoms with Crippen LogP contribution in [0, 0.1) is 5.92 Å². The number of para-hydroxylation sites is 1. The van der Waals surface area contributed by atoms with Crippen LogP contribution in [0.3, 0.4) is 0 Å². The Bertz CT molecular complexity index is 1130. The fourth-order valence-electron chi connectivity index (χ4n) is 4.15. The number of carbonyl (C=O) groups is 1. The molecule has 1 heterocycles. The molecule has 1 aliphatic carbocycles. The molecule has 0 spiro atoms. The molecule has 35 heavy (non-hydrogen) atoms. The van der Waals surface area contributed by atoms with Crippen molar-refractivity contribution >= 4 is 15.8 Å². The number of benzene rings is 2. The van der Waals surface area contributed by atoms with Crippen LogP contribution in [-0.2, 0) is 10.0 Å². The lowest BCUT2D eigenvalue weighted by Crippen LogP contribution is -2.45. The molecule has 4 rings (SSSR count). The third-order valence-electron chi connectivity index (χ3n) is 6.02. The third-order valence-corrected chi connectivity index (χ3v) is 7.41. The molecular weight excluding hydrogens is 485 g/mol.